The predicted molar refractivity (Wildman–Crippen MR) is 112 cm³/mol. The molecule has 0 fully saturated rings. The van der Waals surface area contributed by atoms with Crippen molar-refractivity contribution < 1.29 is 4.42 Å². The van der Waals surface area contributed by atoms with E-state index in [1.165, 1.54) is 47.1 Å². The molecule has 0 saturated carbocycles. The van der Waals surface area contributed by atoms with Crippen molar-refractivity contribution in [2.75, 3.05) is 0 Å². The zero-order valence-electron chi connectivity index (χ0n) is 16.1. The molecular formula is C25H28O. The van der Waals surface area contributed by atoms with E-state index in [-0.39, 0.29) is 0 Å². The third-order valence-corrected chi connectivity index (χ3v) is 4.91. The average Bonchev–Trinajstić information content (AvgIpc) is 2.98. The van der Waals surface area contributed by atoms with Crippen LogP contribution in [0.4, 0.5) is 0 Å². The van der Waals surface area contributed by atoms with E-state index >= 15 is 0 Å². The lowest BCUT2D eigenvalue weighted by molar-refractivity contribution is 0.520. The first kappa shape index (κ1) is 18.3. The van der Waals surface area contributed by atoms with Gasteiger partial charge in [-0.15, -0.1) is 0 Å². The van der Waals surface area contributed by atoms with Gasteiger partial charge < -0.3 is 4.42 Å². The summed E-state index contributed by atoms with van der Waals surface area (Å²) in [5, 5.41) is 0. The van der Waals surface area contributed by atoms with Gasteiger partial charge in [0.25, 0.3) is 0 Å². The number of unbranched alkanes of at least 4 members (excludes halogenated alkanes) is 2. The monoisotopic (exact) mass is 344 g/mol. The Morgan fingerprint density at radius 3 is 2.23 bits per heavy atom. The second-order valence-electron chi connectivity index (χ2n) is 6.89. The number of aryl methyl sites for hydroxylation is 1. The van der Waals surface area contributed by atoms with Crippen LogP contribution in [0.15, 0.2) is 65.1 Å². The fourth-order valence-corrected chi connectivity index (χ4v) is 3.46. The normalized spacial score (nSPS) is 11.7. The Bertz CT molecular complexity index is 854. The van der Waals surface area contributed by atoms with E-state index in [0.29, 0.717) is 0 Å². The lowest BCUT2D eigenvalue weighted by Crippen LogP contribution is -1.90. The first-order valence-electron chi connectivity index (χ1n) is 9.62. The Hall–Kier alpha value is -2.54. The molecule has 3 aromatic rings. The largest absolute Gasteiger partial charge is 0.461 e. The minimum atomic E-state index is 0.974. The highest BCUT2D eigenvalue weighted by atomic mass is 16.3. The van der Waals surface area contributed by atoms with Crippen LogP contribution >= 0.6 is 0 Å². The molecule has 0 atom stereocenters. The van der Waals surface area contributed by atoms with Crippen LogP contribution in [0.2, 0.25) is 0 Å². The number of hydrogen-bond acceptors (Lipinski definition) is 1. The van der Waals surface area contributed by atoms with Crippen LogP contribution in [0.5, 0.6) is 0 Å². The summed E-state index contributed by atoms with van der Waals surface area (Å²) in [6.07, 6.45) is 6.96. The molecule has 26 heavy (non-hydrogen) atoms. The van der Waals surface area contributed by atoms with E-state index in [0.717, 1.165) is 17.9 Å². The van der Waals surface area contributed by atoms with Crippen molar-refractivity contribution >= 4 is 11.6 Å². The van der Waals surface area contributed by atoms with E-state index in [9.17, 15) is 0 Å². The Kier molecular flexibility index (Phi) is 6.12. The maximum atomic E-state index is 6.25. The van der Waals surface area contributed by atoms with Gasteiger partial charge in [0, 0.05) is 11.1 Å². The van der Waals surface area contributed by atoms with E-state index < -0.39 is 0 Å². The molecule has 0 N–H and O–H groups in total. The third-order valence-electron chi connectivity index (χ3n) is 4.91. The topological polar surface area (TPSA) is 13.1 Å². The molecule has 1 heteroatoms. The lowest BCUT2D eigenvalue weighted by atomic mass is 9.95. The molecule has 1 heterocycles. The van der Waals surface area contributed by atoms with Crippen molar-refractivity contribution in [1.82, 2.24) is 0 Å². The number of benzene rings is 2. The predicted octanol–water partition coefficient (Wildman–Crippen LogP) is 7.55. The van der Waals surface area contributed by atoms with E-state index in [1.807, 2.05) is 0 Å². The van der Waals surface area contributed by atoms with Gasteiger partial charge in [-0.1, -0.05) is 80.4 Å². The van der Waals surface area contributed by atoms with Crippen LogP contribution in [0.1, 0.15) is 55.8 Å². The SMILES string of the molecule is CCCCCc1c(C)oc(/C=C(\C)c2ccccc2)c1-c1ccccc1. The molecule has 0 saturated heterocycles. The minimum absolute atomic E-state index is 0.974. The van der Waals surface area contributed by atoms with Gasteiger partial charge in [-0.05, 0) is 49.5 Å². The van der Waals surface area contributed by atoms with Gasteiger partial charge in [0.15, 0.2) is 0 Å². The molecule has 0 unspecified atom stereocenters. The fourth-order valence-electron chi connectivity index (χ4n) is 3.46. The van der Waals surface area contributed by atoms with Gasteiger partial charge in [-0.3, -0.25) is 0 Å². The van der Waals surface area contributed by atoms with Crippen LogP contribution in [0.3, 0.4) is 0 Å². The molecule has 0 aliphatic heterocycles. The van der Waals surface area contributed by atoms with Gasteiger partial charge in [0.2, 0.25) is 0 Å². The molecule has 1 nitrogen and oxygen atoms in total. The van der Waals surface area contributed by atoms with Crippen LogP contribution in [-0.4, -0.2) is 0 Å². The number of hydrogen-bond donors (Lipinski definition) is 0. The smallest absolute Gasteiger partial charge is 0.135 e. The standard InChI is InChI=1S/C25H28O/c1-4-5-8-17-23-20(3)26-24(25(23)22-15-11-7-12-16-22)18-19(2)21-13-9-6-10-14-21/h6-7,9-16,18H,4-5,8,17H2,1-3H3/b19-18+. The summed E-state index contributed by atoms with van der Waals surface area (Å²) in [5.41, 5.74) is 6.30. The van der Waals surface area contributed by atoms with Crippen LogP contribution in [-0.2, 0) is 6.42 Å². The Labute approximate surface area is 157 Å². The van der Waals surface area contributed by atoms with E-state index in [2.05, 4.69) is 87.5 Å². The van der Waals surface area contributed by atoms with Crippen molar-refractivity contribution in [3.05, 3.63) is 83.3 Å². The van der Waals surface area contributed by atoms with E-state index in [1.54, 1.807) is 0 Å². The summed E-state index contributed by atoms with van der Waals surface area (Å²) in [7, 11) is 0. The highest BCUT2D eigenvalue weighted by molar-refractivity contribution is 5.86. The molecule has 2 aromatic carbocycles. The van der Waals surface area contributed by atoms with Crippen molar-refractivity contribution in [2.24, 2.45) is 0 Å². The minimum Gasteiger partial charge on any atom is -0.461 e. The van der Waals surface area contributed by atoms with E-state index in [4.69, 9.17) is 4.42 Å². The molecular weight excluding hydrogens is 316 g/mol. The van der Waals surface area contributed by atoms with Crippen molar-refractivity contribution in [3.8, 4) is 11.1 Å². The lowest BCUT2D eigenvalue weighted by Gasteiger charge is -2.06. The van der Waals surface area contributed by atoms with Gasteiger partial charge in [-0.25, -0.2) is 0 Å². The summed E-state index contributed by atoms with van der Waals surface area (Å²) in [6, 6.07) is 21.1. The molecule has 0 radical (unpaired) electrons. The van der Waals surface area contributed by atoms with Crippen molar-refractivity contribution in [3.63, 3.8) is 0 Å². The summed E-state index contributed by atoms with van der Waals surface area (Å²) >= 11 is 0. The maximum Gasteiger partial charge on any atom is 0.135 e. The summed E-state index contributed by atoms with van der Waals surface area (Å²) < 4.78 is 6.25. The third kappa shape index (κ3) is 4.16. The zero-order valence-corrected chi connectivity index (χ0v) is 16.1. The maximum absolute atomic E-state index is 6.25. The van der Waals surface area contributed by atoms with Crippen LogP contribution in [0, 0.1) is 6.92 Å². The second kappa shape index (κ2) is 8.71. The molecule has 0 aliphatic rings. The second-order valence-corrected chi connectivity index (χ2v) is 6.89. The molecule has 0 amide bonds. The van der Waals surface area contributed by atoms with Crippen molar-refractivity contribution in [2.45, 2.75) is 46.5 Å². The fraction of sp³-hybridized carbons (Fsp3) is 0.280. The van der Waals surface area contributed by atoms with Gasteiger partial charge in [-0.2, -0.15) is 0 Å². The summed E-state index contributed by atoms with van der Waals surface area (Å²) in [5.74, 6) is 2.02. The average molecular weight is 344 g/mol. The Morgan fingerprint density at radius 2 is 1.58 bits per heavy atom. The first-order chi connectivity index (χ1) is 12.7. The highest BCUT2D eigenvalue weighted by Gasteiger charge is 2.18. The van der Waals surface area contributed by atoms with Gasteiger partial charge in [0.1, 0.15) is 11.5 Å². The number of allylic oxidation sites excluding steroid dienone is 1. The molecule has 134 valence electrons. The summed E-state index contributed by atoms with van der Waals surface area (Å²) in [4.78, 5) is 0. The molecule has 0 bridgehead atoms. The van der Waals surface area contributed by atoms with Crippen molar-refractivity contribution in [1.29, 1.82) is 0 Å². The molecule has 1 aromatic heterocycles. The first-order valence-corrected chi connectivity index (χ1v) is 9.62. The number of rotatable bonds is 7. The number of furan rings is 1. The van der Waals surface area contributed by atoms with Crippen LogP contribution < -0.4 is 0 Å². The highest BCUT2D eigenvalue weighted by Crippen LogP contribution is 2.36. The molecule has 0 spiro atoms. The Balaban J connectivity index is 2.06. The van der Waals surface area contributed by atoms with Gasteiger partial charge in [0.05, 0.1) is 0 Å². The summed E-state index contributed by atoms with van der Waals surface area (Å²) in [6.45, 7) is 6.50. The Morgan fingerprint density at radius 1 is 0.923 bits per heavy atom. The van der Waals surface area contributed by atoms with Crippen LogP contribution in [0.25, 0.3) is 22.8 Å². The van der Waals surface area contributed by atoms with Gasteiger partial charge >= 0.3 is 0 Å². The molecule has 3 rings (SSSR count). The quantitative estimate of drug-likeness (QED) is 0.403. The molecule has 0 aliphatic carbocycles. The zero-order chi connectivity index (χ0) is 18.4.